The van der Waals surface area contributed by atoms with Gasteiger partial charge in [-0.1, -0.05) is 88.3 Å². The summed E-state index contributed by atoms with van der Waals surface area (Å²) < 4.78 is 5.22. The number of aryl methyl sites for hydroxylation is 1. The lowest BCUT2D eigenvalue weighted by Gasteiger charge is -2.06. The van der Waals surface area contributed by atoms with Crippen LogP contribution < -0.4 is 4.74 Å². The Morgan fingerprint density at radius 1 is 0.625 bits per heavy atom. The normalized spacial score (nSPS) is 10.8. The van der Waals surface area contributed by atoms with Crippen molar-refractivity contribution in [3.05, 3.63) is 54.1 Å². The van der Waals surface area contributed by atoms with E-state index >= 15 is 0 Å². The number of ether oxygens (including phenoxy) is 1. The van der Waals surface area contributed by atoms with E-state index in [0.717, 1.165) is 5.75 Å². The van der Waals surface area contributed by atoms with Crippen molar-refractivity contribution in [3.8, 4) is 16.9 Å². The van der Waals surface area contributed by atoms with Crippen LogP contribution in [0.4, 0.5) is 0 Å². The first-order valence-corrected chi connectivity index (χ1v) is 9.57. The summed E-state index contributed by atoms with van der Waals surface area (Å²) in [5.41, 5.74) is 3.98. The van der Waals surface area contributed by atoms with Crippen LogP contribution in [-0.2, 0) is 6.42 Å². The summed E-state index contributed by atoms with van der Waals surface area (Å²) in [5, 5.41) is 0. The van der Waals surface area contributed by atoms with Crippen LogP contribution in [0.15, 0.2) is 48.5 Å². The van der Waals surface area contributed by atoms with Crippen LogP contribution in [0.5, 0.6) is 5.75 Å². The van der Waals surface area contributed by atoms with Gasteiger partial charge in [0.2, 0.25) is 0 Å². The first-order valence-electron chi connectivity index (χ1n) is 9.57. The maximum Gasteiger partial charge on any atom is 0.118 e. The van der Waals surface area contributed by atoms with Crippen LogP contribution >= 0.6 is 0 Å². The van der Waals surface area contributed by atoms with Gasteiger partial charge in [-0.2, -0.15) is 0 Å². The molecule has 0 atom stereocenters. The van der Waals surface area contributed by atoms with Gasteiger partial charge in [0.1, 0.15) is 5.75 Å². The molecule has 0 saturated heterocycles. The Morgan fingerprint density at radius 3 is 1.67 bits per heavy atom. The van der Waals surface area contributed by atoms with Gasteiger partial charge < -0.3 is 4.74 Å². The Labute approximate surface area is 148 Å². The molecule has 0 fully saturated rings. The Hall–Kier alpha value is -1.76. The van der Waals surface area contributed by atoms with E-state index in [0.29, 0.717) is 0 Å². The first kappa shape index (κ1) is 18.6. The number of unbranched alkanes of at least 4 members (excludes halogenated alkanes) is 7. The molecule has 2 rings (SSSR count). The molecule has 1 heteroatoms. The lowest BCUT2D eigenvalue weighted by Crippen LogP contribution is -1.87. The van der Waals surface area contributed by atoms with Gasteiger partial charge >= 0.3 is 0 Å². The second-order valence-corrected chi connectivity index (χ2v) is 6.65. The molecule has 2 aromatic rings. The van der Waals surface area contributed by atoms with Crippen molar-refractivity contribution in [1.82, 2.24) is 0 Å². The average Bonchev–Trinajstić information content (AvgIpc) is 2.64. The van der Waals surface area contributed by atoms with Crippen molar-refractivity contribution < 1.29 is 4.74 Å². The molecule has 0 heterocycles. The molecule has 0 aliphatic heterocycles. The molecule has 0 spiro atoms. The molecule has 24 heavy (non-hydrogen) atoms. The number of methoxy groups -OCH3 is 1. The van der Waals surface area contributed by atoms with Crippen molar-refractivity contribution in [2.24, 2.45) is 0 Å². The highest BCUT2D eigenvalue weighted by molar-refractivity contribution is 5.64. The quantitative estimate of drug-likeness (QED) is 0.402. The molecule has 0 aromatic heterocycles. The van der Waals surface area contributed by atoms with E-state index < -0.39 is 0 Å². The third-order valence-electron chi connectivity index (χ3n) is 4.70. The predicted octanol–water partition coefficient (Wildman–Crippen LogP) is 7.05. The molecule has 0 unspecified atom stereocenters. The average molecular weight is 325 g/mol. The Bertz CT molecular complexity index is 554. The molecular weight excluding hydrogens is 292 g/mol. The number of hydrogen-bond acceptors (Lipinski definition) is 1. The van der Waals surface area contributed by atoms with Crippen LogP contribution in [0, 0.1) is 0 Å². The fourth-order valence-corrected chi connectivity index (χ4v) is 3.11. The topological polar surface area (TPSA) is 9.23 Å². The van der Waals surface area contributed by atoms with Gasteiger partial charge in [0, 0.05) is 0 Å². The highest BCUT2D eigenvalue weighted by atomic mass is 16.5. The SMILES string of the molecule is CCCCCCCCCCc1ccc(-c2ccc(OC)cc2)cc1. The molecular formula is C23H32O. The summed E-state index contributed by atoms with van der Waals surface area (Å²) in [5.74, 6) is 0.907. The molecule has 0 bridgehead atoms. The highest BCUT2D eigenvalue weighted by Crippen LogP contribution is 2.23. The minimum atomic E-state index is 0.907. The van der Waals surface area contributed by atoms with Gasteiger partial charge in [-0.25, -0.2) is 0 Å². The molecule has 130 valence electrons. The molecule has 0 aliphatic rings. The summed E-state index contributed by atoms with van der Waals surface area (Å²) >= 11 is 0. The summed E-state index contributed by atoms with van der Waals surface area (Å²) in [6, 6.07) is 17.3. The van der Waals surface area contributed by atoms with E-state index in [1.54, 1.807) is 7.11 Å². The summed E-state index contributed by atoms with van der Waals surface area (Å²) in [6.07, 6.45) is 12.3. The van der Waals surface area contributed by atoms with Gasteiger partial charge in [0.15, 0.2) is 0 Å². The van der Waals surface area contributed by atoms with Gasteiger partial charge in [0.05, 0.1) is 7.11 Å². The lowest BCUT2D eigenvalue weighted by atomic mass is 10.0. The van der Waals surface area contributed by atoms with E-state index in [9.17, 15) is 0 Å². The second-order valence-electron chi connectivity index (χ2n) is 6.65. The molecule has 0 aliphatic carbocycles. The molecule has 0 saturated carbocycles. The first-order chi connectivity index (χ1) is 11.8. The van der Waals surface area contributed by atoms with Crippen LogP contribution in [0.25, 0.3) is 11.1 Å². The Balaban J connectivity index is 1.70. The van der Waals surface area contributed by atoms with Crippen LogP contribution in [0.2, 0.25) is 0 Å². The minimum Gasteiger partial charge on any atom is -0.497 e. The standard InChI is InChI=1S/C23H32O/c1-3-4-5-6-7-8-9-10-11-20-12-14-21(15-13-20)22-16-18-23(24-2)19-17-22/h12-19H,3-11H2,1-2H3. The number of hydrogen-bond donors (Lipinski definition) is 0. The van der Waals surface area contributed by atoms with E-state index in [1.807, 2.05) is 12.1 Å². The second kappa shape index (κ2) is 10.9. The van der Waals surface area contributed by atoms with Crippen LogP contribution in [-0.4, -0.2) is 7.11 Å². The summed E-state index contributed by atoms with van der Waals surface area (Å²) in [6.45, 7) is 2.28. The van der Waals surface area contributed by atoms with E-state index in [1.165, 1.54) is 74.5 Å². The van der Waals surface area contributed by atoms with Gasteiger partial charge in [-0.05, 0) is 41.7 Å². The maximum absolute atomic E-state index is 5.22. The molecule has 2 aromatic carbocycles. The smallest absolute Gasteiger partial charge is 0.118 e. The van der Waals surface area contributed by atoms with Crippen molar-refractivity contribution >= 4 is 0 Å². The summed E-state index contributed by atoms with van der Waals surface area (Å²) in [4.78, 5) is 0. The monoisotopic (exact) mass is 324 g/mol. The van der Waals surface area contributed by atoms with Crippen LogP contribution in [0.1, 0.15) is 63.9 Å². The molecule has 0 radical (unpaired) electrons. The zero-order chi connectivity index (χ0) is 17.0. The van der Waals surface area contributed by atoms with E-state index in [-0.39, 0.29) is 0 Å². The lowest BCUT2D eigenvalue weighted by molar-refractivity contribution is 0.415. The predicted molar refractivity (Wildman–Crippen MR) is 105 cm³/mol. The summed E-state index contributed by atoms with van der Waals surface area (Å²) in [7, 11) is 1.70. The molecule has 1 nitrogen and oxygen atoms in total. The van der Waals surface area contributed by atoms with Crippen molar-refractivity contribution in [2.75, 3.05) is 7.11 Å². The van der Waals surface area contributed by atoms with Crippen LogP contribution in [0.3, 0.4) is 0 Å². The minimum absolute atomic E-state index is 0.907. The van der Waals surface area contributed by atoms with Gasteiger partial charge in [0.25, 0.3) is 0 Å². The number of benzene rings is 2. The Morgan fingerprint density at radius 2 is 1.12 bits per heavy atom. The fraction of sp³-hybridized carbons (Fsp3) is 0.478. The zero-order valence-electron chi connectivity index (χ0n) is 15.4. The third-order valence-corrected chi connectivity index (χ3v) is 4.70. The Kier molecular flexibility index (Phi) is 8.45. The van der Waals surface area contributed by atoms with Gasteiger partial charge in [-0.3, -0.25) is 0 Å². The largest absolute Gasteiger partial charge is 0.497 e. The van der Waals surface area contributed by atoms with Crippen molar-refractivity contribution in [1.29, 1.82) is 0 Å². The van der Waals surface area contributed by atoms with Crippen molar-refractivity contribution in [3.63, 3.8) is 0 Å². The number of rotatable bonds is 11. The fourth-order valence-electron chi connectivity index (χ4n) is 3.11. The third kappa shape index (κ3) is 6.39. The maximum atomic E-state index is 5.22. The van der Waals surface area contributed by atoms with Crippen molar-refractivity contribution in [2.45, 2.75) is 64.7 Å². The van der Waals surface area contributed by atoms with E-state index in [4.69, 9.17) is 4.74 Å². The molecule has 0 amide bonds. The van der Waals surface area contributed by atoms with Gasteiger partial charge in [-0.15, -0.1) is 0 Å². The van der Waals surface area contributed by atoms with E-state index in [2.05, 4.69) is 43.3 Å². The zero-order valence-corrected chi connectivity index (χ0v) is 15.4. The molecule has 0 N–H and O–H groups in total. The highest BCUT2D eigenvalue weighted by Gasteiger charge is 2.00.